The van der Waals surface area contributed by atoms with E-state index in [1.165, 1.54) is 5.56 Å². The minimum atomic E-state index is -1.13. The van der Waals surface area contributed by atoms with Gasteiger partial charge in [0.2, 0.25) is 0 Å². The van der Waals surface area contributed by atoms with E-state index >= 15 is 0 Å². The summed E-state index contributed by atoms with van der Waals surface area (Å²) in [5.41, 5.74) is 3.46. The van der Waals surface area contributed by atoms with Crippen molar-refractivity contribution < 1.29 is 19.7 Å². The second-order valence-electron chi connectivity index (χ2n) is 9.47. The number of amides is 1. The number of aliphatic hydroxyl groups excluding tert-OH is 2. The number of ether oxygens (including phenoxy) is 1. The zero-order chi connectivity index (χ0) is 21.8. The Balaban J connectivity index is 3.17. The van der Waals surface area contributed by atoms with Crippen LogP contribution in [-0.2, 0) is 4.74 Å². The van der Waals surface area contributed by atoms with Crippen LogP contribution in [0.5, 0.6) is 0 Å². The molecule has 28 heavy (non-hydrogen) atoms. The summed E-state index contributed by atoms with van der Waals surface area (Å²) >= 11 is 0. The molecule has 1 aromatic rings. The molecule has 0 aliphatic carbocycles. The lowest BCUT2D eigenvalue weighted by Gasteiger charge is -2.28. The molecule has 0 aromatic heterocycles. The van der Waals surface area contributed by atoms with Crippen LogP contribution in [0.3, 0.4) is 0 Å². The van der Waals surface area contributed by atoms with Gasteiger partial charge in [0.15, 0.2) is 0 Å². The van der Waals surface area contributed by atoms with Gasteiger partial charge in [-0.2, -0.15) is 0 Å². The Bertz CT molecular complexity index is 630. The highest BCUT2D eigenvalue weighted by atomic mass is 16.6. The number of alkyl carbamates (subject to hydrolysis) is 1. The molecule has 1 amide bonds. The average Bonchev–Trinajstić information content (AvgIpc) is 2.55. The number of hydrogen-bond acceptors (Lipinski definition) is 4. The quantitative estimate of drug-likeness (QED) is 0.611. The summed E-state index contributed by atoms with van der Waals surface area (Å²) in [7, 11) is 0. The number of carbonyl (C=O) groups is 1. The normalized spacial score (nSPS) is 14.5. The summed E-state index contributed by atoms with van der Waals surface area (Å²) in [5, 5.41) is 24.1. The molecule has 5 heteroatoms. The third kappa shape index (κ3) is 6.78. The third-order valence-corrected chi connectivity index (χ3v) is 4.69. The van der Waals surface area contributed by atoms with Crippen LogP contribution in [0.4, 0.5) is 4.79 Å². The van der Waals surface area contributed by atoms with Crippen LogP contribution in [0, 0.1) is 0 Å². The average molecular weight is 394 g/mol. The molecule has 2 unspecified atom stereocenters. The van der Waals surface area contributed by atoms with Crippen molar-refractivity contribution in [3.63, 3.8) is 0 Å². The van der Waals surface area contributed by atoms with Gasteiger partial charge in [0, 0.05) is 6.54 Å². The molecule has 2 atom stereocenters. The van der Waals surface area contributed by atoms with E-state index in [0.29, 0.717) is 5.92 Å². The van der Waals surface area contributed by atoms with Gasteiger partial charge in [0.25, 0.3) is 0 Å². The largest absolute Gasteiger partial charge is 0.444 e. The fraction of sp³-hybridized carbons (Fsp3) is 0.696. The highest BCUT2D eigenvalue weighted by Crippen LogP contribution is 2.36. The number of benzene rings is 1. The van der Waals surface area contributed by atoms with Gasteiger partial charge in [0.1, 0.15) is 17.8 Å². The van der Waals surface area contributed by atoms with Gasteiger partial charge in [-0.25, -0.2) is 4.79 Å². The Kier molecular flexibility index (Phi) is 8.51. The van der Waals surface area contributed by atoms with E-state index in [9.17, 15) is 15.0 Å². The van der Waals surface area contributed by atoms with Crippen LogP contribution in [0.2, 0.25) is 0 Å². The first kappa shape index (κ1) is 24.4. The molecule has 0 aliphatic rings. The maximum atomic E-state index is 11.9. The maximum Gasteiger partial charge on any atom is 0.407 e. The van der Waals surface area contributed by atoms with E-state index < -0.39 is 23.9 Å². The topological polar surface area (TPSA) is 78.8 Å². The van der Waals surface area contributed by atoms with Gasteiger partial charge >= 0.3 is 6.09 Å². The second kappa shape index (κ2) is 9.75. The molecule has 0 saturated carbocycles. The van der Waals surface area contributed by atoms with E-state index in [2.05, 4.69) is 59.0 Å². The lowest BCUT2D eigenvalue weighted by molar-refractivity contribution is 0.0119. The van der Waals surface area contributed by atoms with Crippen molar-refractivity contribution in [2.75, 3.05) is 6.54 Å². The van der Waals surface area contributed by atoms with Gasteiger partial charge in [0.05, 0.1) is 0 Å². The number of aliphatic hydroxyl groups is 2. The second-order valence-corrected chi connectivity index (χ2v) is 9.47. The zero-order valence-corrected chi connectivity index (χ0v) is 19.0. The summed E-state index contributed by atoms with van der Waals surface area (Å²) in [6, 6.07) is 4.27. The van der Waals surface area contributed by atoms with Crippen LogP contribution < -0.4 is 5.32 Å². The highest BCUT2D eigenvalue weighted by molar-refractivity contribution is 5.67. The van der Waals surface area contributed by atoms with Crippen LogP contribution in [0.15, 0.2) is 12.1 Å². The molecule has 0 bridgehead atoms. The Hall–Kier alpha value is -1.59. The first-order valence-corrected chi connectivity index (χ1v) is 10.2. The summed E-state index contributed by atoms with van der Waals surface area (Å²) in [4.78, 5) is 11.9. The summed E-state index contributed by atoms with van der Waals surface area (Å²) in [5.74, 6) is 0.777. The molecule has 3 N–H and O–H groups in total. The molecule has 0 fully saturated rings. The van der Waals surface area contributed by atoms with Gasteiger partial charge in [-0.05, 0) is 60.8 Å². The van der Waals surface area contributed by atoms with E-state index in [1.54, 1.807) is 20.8 Å². The van der Waals surface area contributed by atoms with Crippen molar-refractivity contribution in [2.24, 2.45) is 0 Å². The molecule has 0 saturated heterocycles. The fourth-order valence-electron chi connectivity index (χ4n) is 3.16. The Morgan fingerprint density at radius 1 is 0.964 bits per heavy atom. The smallest absolute Gasteiger partial charge is 0.407 e. The van der Waals surface area contributed by atoms with Gasteiger partial charge in [-0.15, -0.1) is 0 Å². The monoisotopic (exact) mass is 393 g/mol. The molecule has 0 aliphatic heterocycles. The van der Waals surface area contributed by atoms with E-state index in [4.69, 9.17) is 4.74 Å². The van der Waals surface area contributed by atoms with Gasteiger partial charge < -0.3 is 20.3 Å². The molecule has 0 radical (unpaired) electrons. The number of hydrogen-bond donors (Lipinski definition) is 3. The first-order valence-electron chi connectivity index (χ1n) is 10.2. The van der Waals surface area contributed by atoms with Gasteiger partial charge in [-0.1, -0.05) is 53.7 Å². The molecule has 1 rings (SSSR count). The summed E-state index contributed by atoms with van der Waals surface area (Å²) in [6.45, 7) is 17.9. The molecule has 0 spiro atoms. The number of rotatable bonds is 7. The molecular formula is C23H39NO4. The lowest BCUT2D eigenvalue weighted by Crippen LogP contribution is -2.39. The predicted molar refractivity (Wildman–Crippen MR) is 114 cm³/mol. The molecule has 1 aromatic carbocycles. The minimum Gasteiger partial charge on any atom is -0.444 e. The lowest BCUT2D eigenvalue weighted by atomic mass is 9.81. The van der Waals surface area contributed by atoms with Crippen molar-refractivity contribution in [1.29, 1.82) is 0 Å². The molecular weight excluding hydrogens is 354 g/mol. The highest BCUT2D eigenvalue weighted by Gasteiger charge is 2.28. The Morgan fingerprint density at radius 2 is 1.43 bits per heavy atom. The third-order valence-electron chi connectivity index (χ3n) is 4.69. The summed E-state index contributed by atoms with van der Waals surface area (Å²) in [6.07, 6.45) is -2.83. The van der Waals surface area contributed by atoms with Crippen LogP contribution >= 0.6 is 0 Å². The SMILES string of the molecule is CC(C)c1cc(C(C)C)c(C(O)C(O)CNC(=O)OC(C)(C)C)c(C(C)C)c1. The van der Waals surface area contributed by atoms with Crippen molar-refractivity contribution in [3.05, 3.63) is 34.4 Å². The summed E-state index contributed by atoms with van der Waals surface area (Å²) < 4.78 is 5.20. The van der Waals surface area contributed by atoms with E-state index in [1.807, 2.05) is 0 Å². The Labute approximate surface area is 170 Å². The maximum absolute atomic E-state index is 11.9. The van der Waals surface area contributed by atoms with Crippen molar-refractivity contribution >= 4 is 6.09 Å². The molecule has 5 nitrogen and oxygen atoms in total. The zero-order valence-electron chi connectivity index (χ0n) is 19.0. The van der Waals surface area contributed by atoms with Crippen LogP contribution in [0.25, 0.3) is 0 Å². The minimum absolute atomic E-state index is 0.0862. The van der Waals surface area contributed by atoms with Crippen molar-refractivity contribution in [1.82, 2.24) is 5.32 Å². The van der Waals surface area contributed by atoms with Crippen molar-refractivity contribution in [3.8, 4) is 0 Å². The van der Waals surface area contributed by atoms with E-state index in [0.717, 1.165) is 16.7 Å². The molecule has 0 heterocycles. The number of carbonyl (C=O) groups excluding carboxylic acids is 1. The van der Waals surface area contributed by atoms with Crippen LogP contribution in [0.1, 0.15) is 108 Å². The molecule has 160 valence electrons. The van der Waals surface area contributed by atoms with E-state index in [-0.39, 0.29) is 18.4 Å². The number of nitrogens with one attached hydrogen (secondary N) is 1. The first-order chi connectivity index (χ1) is 12.7. The predicted octanol–water partition coefficient (Wildman–Crippen LogP) is 4.98. The Morgan fingerprint density at radius 3 is 1.79 bits per heavy atom. The van der Waals surface area contributed by atoms with Crippen LogP contribution in [-0.4, -0.2) is 34.6 Å². The van der Waals surface area contributed by atoms with Gasteiger partial charge in [-0.3, -0.25) is 0 Å². The van der Waals surface area contributed by atoms with Crippen molar-refractivity contribution in [2.45, 2.75) is 97.9 Å². The standard InChI is InChI=1S/C23H39NO4/c1-13(2)16-10-17(14(3)4)20(18(11-16)15(5)6)21(26)19(25)12-24-22(27)28-23(7,8)9/h10-11,13-15,19,21,25-26H,12H2,1-9H3,(H,24,27). The fourth-order valence-corrected chi connectivity index (χ4v) is 3.16.